The Labute approximate surface area is 111 Å². The van der Waals surface area contributed by atoms with E-state index >= 15 is 0 Å². The number of rotatable bonds is 2. The first-order valence-electron chi connectivity index (χ1n) is 6.03. The molecule has 18 heavy (non-hydrogen) atoms. The molecule has 1 saturated heterocycles. The highest BCUT2D eigenvalue weighted by Gasteiger charge is 2.32. The van der Waals surface area contributed by atoms with E-state index in [1.54, 1.807) is 13.0 Å². The lowest BCUT2D eigenvalue weighted by Gasteiger charge is -2.21. The zero-order valence-electron chi connectivity index (χ0n) is 10.6. The summed E-state index contributed by atoms with van der Waals surface area (Å²) in [5.41, 5.74) is 6.86. The van der Waals surface area contributed by atoms with Gasteiger partial charge in [0.2, 0.25) is 0 Å². The number of halogens is 2. The maximum absolute atomic E-state index is 14.1. The Bertz CT molecular complexity index is 467. The van der Waals surface area contributed by atoms with Crippen molar-refractivity contribution in [3.8, 4) is 5.75 Å². The highest BCUT2D eigenvalue weighted by molar-refractivity contribution is 6.32. The SMILES string of the molecule is Cc1cc(C2CC(CN)CN2C)c(F)c(O)c1Cl. The molecule has 0 amide bonds. The molecule has 5 heteroatoms. The molecule has 0 bridgehead atoms. The van der Waals surface area contributed by atoms with Crippen molar-refractivity contribution in [2.45, 2.75) is 19.4 Å². The number of benzene rings is 1. The van der Waals surface area contributed by atoms with Crippen LogP contribution in [0, 0.1) is 18.7 Å². The summed E-state index contributed by atoms with van der Waals surface area (Å²) in [4.78, 5) is 2.07. The van der Waals surface area contributed by atoms with Crippen molar-refractivity contribution >= 4 is 11.6 Å². The molecule has 3 nitrogen and oxygen atoms in total. The first-order valence-corrected chi connectivity index (χ1v) is 6.41. The van der Waals surface area contributed by atoms with E-state index in [1.807, 2.05) is 7.05 Å². The molecule has 0 radical (unpaired) electrons. The number of phenolic OH excluding ortho intramolecular Hbond substituents is 1. The molecular weight excluding hydrogens is 255 g/mol. The maximum Gasteiger partial charge on any atom is 0.171 e. The van der Waals surface area contributed by atoms with Crippen molar-refractivity contribution in [2.75, 3.05) is 20.1 Å². The average molecular weight is 273 g/mol. The van der Waals surface area contributed by atoms with Gasteiger partial charge in [-0.05, 0) is 44.5 Å². The Morgan fingerprint density at radius 3 is 2.83 bits per heavy atom. The summed E-state index contributed by atoms with van der Waals surface area (Å²) < 4.78 is 14.1. The van der Waals surface area contributed by atoms with Crippen LogP contribution >= 0.6 is 11.6 Å². The number of aromatic hydroxyl groups is 1. The Kier molecular flexibility index (Phi) is 3.80. The van der Waals surface area contributed by atoms with Gasteiger partial charge in [0, 0.05) is 18.2 Å². The van der Waals surface area contributed by atoms with Crippen LogP contribution in [0.5, 0.6) is 5.75 Å². The number of phenols is 1. The first kappa shape index (κ1) is 13.6. The van der Waals surface area contributed by atoms with E-state index in [1.165, 1.54) is 0 Å². The van der Waals surface area contributed by atoms with E-state index in [9.17, 15) is 9.50 Å². The molecule has 0 spiro atoms. The van der Waals surface area contributed by atoms with Gasteiger partial charge in [0.15, 0.2) is 11.6 Å². The van der Waals surface area contributed by atoms with Gasteiger partial charge in [-0.15, -0.1) is 0 Å². The summed E-state index contributed by atoms with van der Waals surface area (Å²) in [5.74, 6) is -0.686. The van der Waals surface area contributed by atoms with Gasteiger partial charge in [-0.25, -0.2) is 4.39 Å². The lowest BCUT2D eigenvalue weighted by atomic mass is 9.97. The van der Waals surface area contributed by atoms with E-state index in [0.717, 1.165) is 13.0 Å². The molecule has 3 N–H and O–H groups in total. The van der Waals surface area contributed by atoms with Gasteiger partial charge in [-0.3, -0.25) is 4.90 Å². The predicted molar refractivity (Wildman–Crippen MR) is 70.3 cm³/mol. The zero-order chi connectivity index (χ0) is 13.4. The van der Waals surface area contributed by atoms with Gasteiger partial charge in [-0.1, -0.05) is 11.6 Å². The summed E-state index contributed by atoms with van der Waals surface area (Å²) in [6.45, 7) is 3.21. The minimum absolute atomic E-state index is 0.0413. The number of nitrogens with zero attached hydrogens (tertiary/aromatic N) is 1. The quantitative estimate of drug-likeness (QED) is 0.869. The van der Waals surface area contributed by atoms with Crippen LogP contribution in [0.15, 0.2) is 6.07 Å². The van der Waals surface area contributed by atoms with Crippen LogP contribution in [-0.4, -0.2) is 30.1 Å². The van der Waals surface area contributed by atoms with Crippen LogP contribution in [0.1, 0.15) is 23.6 Å². The maximum atomic E-state index is 14.1. The molecular formula is C13H18ClFN2O. The average Bonchev–Trinajstić information content (AvgIpc) is 2.72. The molecule has 0 aromatic heterocycles. The second kappa shape index (κ2) is 5.03. The van der Waals surface area contributed by atoms with Crippen LogP contribution in [-0.2, 0) is 0 Å². The van der Waals surface area contributed by atoms with Crippen molar-refractivity contribution in [3.05, 3.63) is 28.0 Å². The van der Waals surface area contributed by atoms with E-state index in [-0.39, 0.29) is 11.1 Å². The number of nitrogens with two attached hydrogens (primary N) is 1. The molecule has 100 valence electrons. The Hall–Kier alpha value is -0.840. The molecule has 1 aliphatic heterocycles. The van der Waals surface area contributed by atoms with E-state index in [2.05, 4.69) is 4.90 Å². The van der Waals surface area contributed by atoms with Crippen molar-refractivity contribution in [1.82, 2.24) is 4.90 Å². The van der Waals surface area contributed by atoms with Crippen molar-refractivity contribution in [2.24, 2.45) is 11.7 Å². The largest absolute Gasteiger partial charge is 0.504 e. The third kappa shape index (κ3) is 2.20. The molecule has 1 fully saturated rings. The molecule has 1 heterocycles. The second-order valence-electron chi connectivity index (χ2n) is 5.05. The van der Waals surface area contributed by atoms with Gasteiger partial charge in [0.05, 0.1) is 5.02 Å². The predicted octanol–water partition coefficient (Wildman–Crippen LogP) is 2.44. The van der Waals surface area contributed by atoms with E-state index < -0.39 is 11.6 Å². The highest BCUT2D eigenvalue weighted by atomic mass is 35.5. The Morgan fingerprint density at radius 2 is 2.28 bits per heavy atom. The molecule has 2 unspecified atom stereocenters. The van der Waals surface area contributed by atoms with Gasteiger partial charge in [0.1, 0.15) is 0 Å². The fraction of sp³-hybridized carbons (Fsp3) is 0.538. The summed E-state index contributed by atoms with van der Waals surface area (Å²) in [7, 11) is 1.95. The highest BCUT2D eigenvalue weighted by Crippen LogP contribution is 2.40. The van der Waals surface area contributed by atoms with E-state index in [0.29, 0.717) is 23.6 Å². The first-order chi connectivity index (χ1) is 8.45. The smallest absolute Gasteiger partial charge is 0.171 e. The van der Waals surface area contributed by atoms with Crippen molar-refractivity contribution in [1.29, 1.82) is 0 Å². The molecule has 0 saturated carbocycles. The monoisotopic (exact) mass is 272 g/mol. The molecule has 2 atom stereocenters. The summed E-state index contributed by atoms with van der Waals surface area (Å²) in [6, 6.07) is 1.68. The van der Waals surface area contributed by atoms with Crippen LogP contribution in [0.4, 0.5) is 4.39 Å². The molecule has 1 aromatic carbocycles. The van der Waals surface area contributed by atoms with Crippen LogP contribution in [0.2, 0.25) is 5.02 Å². The second-order valence-corrected chi connectivity index (χ2v) is 5.43. The summed E-state index contributed by atoms with van der Waals surface area (Å²) in [6.07, 6.45) is 0.810. The fourth-order valence-electron chi connectivity index (χ4n) is 2.66. The third-order valence-electron chi connectivity index (χ3n) is 3.71. The normalized spacial score (nSPS) is 24.7. The van der Waals surface area contributed by atoms with Crippen molar-refractivity contribution < 1.29 is 9.50 Å². The third-order valence-corrected chi connectivity index (χ3v) is 4.19. The summed E-state index contributed by atoms with van der Waals surface area (Å²) >= 11 is 5.83. The lowest BCUT2D eigenvalue weighted by Crippen LogP contribution is -2.21. The minimum Gasteiger partial charge on any atom is -0.504 e. The van der Waals surface area contributed by atoms with Crippen LogP contribution < -0.4 is 5.73 Å². The Morgan fingerprint density at radius 1 is 1.61 bits per heavy atom. The van der Waals surface area contributed by atoms with Crippen LogP contribution in [0.3, 0.4) is 0 Å². The minimum atomic E-state index is -0.611. The van der Waals surface area contributed by atoms with E-state index in [4.69, 9.17) is 17.3 Å². The van der Waals surface area contributed by atoms with Gasteiger partial charge in [0.25, 0.3) is 0 Å². The lowest BCUT2D eigenvalue weighted by molar-refractivity contribution is 0.303. The van der Waals surface area contributed by atoms with Crippen molar-refractivity contribution in [3.63, 3.8) is 0 Å². The Balaban J connectivity index is 2.40. The fourth-order valence-corrected chi connectivity index (χ4v) is 2.80. The van der Waals surface area contributed by atoms with Gasteiger partial charge in [-0.2, -0.15) is 0 Å². The molecule has 2 rings (SSSR count). The summed E-state index contributed by atoms with van der Waals surface area (Å²) in [5, 5.41) is 9.78. The topological polar surface area (TPSA) is 49.5 Å². The number of likely N-dealkylation sites (tertiary alicyclic amines) is 1. The number of hydrogen-bond acceptors (Lipinski definition) is 3. The van der Waals surface area contributed by atoms with Gasteiger partial charge < -0.3 is 10.8 Å². The number of aryl methyl sites for hydroxylation is 1. The van der Waals surface area contributed by atoms with Crippen LogP contribution in [0.25, 0.3) is 0 Å². The molecule has 1 aromatic rings. The number of hydrogen-bond donors (Lipinski definition) is 2. The van der Waals surface area contributed by atoms with Gasteiger partial charge >= 0.3 is 0 Å². The standard InChI is InChI=1S/C13H18ClFN2O/c1-7-3-9(12(15)13(18)11(7)14)10-4-8(5-16)6-17(10)2/h3,8,10,18H,4-6,16H2,1-2H3. The molecule has 1 aliphatic rings. The zero-order valence-corrected chi connectivity index (χ0v) is 11.3. The molecule has 0 aliphatic carbocycles.